The minimum atomic E-state index is -1.62. The zero-order chi connectivity index (χ0) is 47.6. The summed E-state index contributed by atoms with van der Waals surface area (Å²) in [5, 5.41) is 47.3. The Morgan fingerprint density at radius 1 is 0.615 bits per heavy atom. The van der Waals surface area contributed by atoms with E-state index in [1.54, 1.807) is 54.6 Å². The van der Waals surface area contributed by atoms with Gasteiger partial charge in [0.2, 0.25) is 5.91 Å². The van der Waals surface area contributed by atoms with Gasteiger partial charge in [-0.1, -0.05) is 48.2 Å². The second kappa shape index (κ2) is 24.3. The highest BCUT2D eigenvalue weighted by atomic mass is 79.9. The molecule has 0 aliphatic carbocycles. The number of aromatic carboxylic acids is 3. The summed E-state index contributed by atoms with van der Waals surface area (Å²) in [7, 11) is -1.62. The molecule has 2 aliphatic heterocycles. The number of amides is 4. The molecule has 4 amide bonds. The summed E-state index contributed by atoms with van der Waals surface area (Å²) < 4.78 is 16.1. The molecule has 3 aromatic heterocycles. The number of halogens is 1. The van der Waals surface area contributed by atoms with Crippen LogP contribution in [0.1, 0.15) is 57.9 Å². The van der Waals surface area contributed by atoms with E-state index in [9.17, 15) is 43.2 Å². The van der Waals surface area contributed by atoms with Gasteiger partial charge in [0.1, 0.15) is 17.3 Å². The molecule has 0 radical (unpaired) electrons. The van der Waals surface area contributed by atoms with Crippen LogP contribution in [0.3, 0.4) is 0 Å². The average molecular weight is 990 g/mol. The highest BCUT2D eigenvalue weighted by Gasteiger charge is 2.25. The molecule has 0 spiro atoms. The van der Waals surface area contributed by atoms with Gasteiger partial charge in [0, 0.05) is 17.2 Å². The van der Waals surface area contributed by atoms with Gasteiger partial charge in [0.15, 0.2) is 28.8 Å². The Morgan fingerprint density at radius 3 is 1.49 bits per heavy atom. The van der Waals surface area contributed by atoms with E-state index in [2.05, 4.69) is 26.6 Å². The third-order valence-corrected chi connectivity index (χ3v) is 9.80. The van der Waals surface area contributed by atoms with Crippen LogP contribution < -0.4 is 16.1 Å². The van der Waals surface area contributed by atoms with Crippen LogP contribution in [-0.4, -0.2) is 91.0 Å². The van der Waals surface area contributed by atoms with Crippen LogP contribution in [0.15, 0.2) is 132 Å². The normalized spacial score (nSPS) is 12.9. The number of nitrogens with one attached hydrogen (secondary N) is 2. The van der Waals surface area contributed by atoms with Crippen molar-refractivity contribution >= 4 is 111 Å². The summed E-state index contributed by atoms with van der Waals surface area (Å²) in [6.07, 6.45) is 2.73. The van der Waals surface area contributed by atoms with Crippen molar-refractivity contribution in [1.29, 1.82) is 0 Å². The molecule has 0 unspecified atom stereocenters. The summed E-state index contributed by atoms with van der Waals surface area (Å²) in [5.74, 6) is -1.53. The van der Waals surface area contributed by atoms with E-state index in [1.807, 2.05) is 0 Å². The number of imide groups is 2. The number of rotatable bonds is 9. The fourth-order valence-corrected chi connectivity index (χ4v) is 6.36. The number of thioether (sulfide) groups is 2. The van der Waals surface area contributed by atoms with Crippen molar-refractivity contribution in [2.24, 2.45) is 0 Å². The van der Waals surface area contributed by atoms with Gasteiger partial charge in [-0.3, -0.25) is 39.4 Å². The predicted molar refractivity (Wildman–Crippen MR) is 238 cm³/mol. The molecule has 3 aromatic carbocycles. The molecular formula is C42H30BBrN2O17S2. The fourth-order valence-electron chi connectivity index (χ4n) is 4.86. The molecule has 6 aromatic rings. The zero-order valence-corrected chi connectivity index (χ0v) is 36.0. The number of hydrogen-bond donors (Lipinski definition) is 7. The SMILES string of the molecule is O=C(O)c1cccc(B(O)O)c1.O=C1CSC(=O)N1.O=C1NC(=O)C(=Cc2ccc(-c3cccc(C(=O)O)c3)o2)S1.O=Cc1ccc(-c2cccc(C(=O)O)c2)o1.O=Cc1ccc(Br)o1. The van der Waals surface area contributed by atoms with Gasteiger partial charge >= 0.3 is 25.0 Å². The third-order valence-electron chi connectivity index (χ3n) is 7.79. The van der Waals surface area contributed by atoms with Crippen molar-refractivity contribution in [3.8, 4) is 22.6 Å². The van der Waals surface area contributed by atoms with E-state index >= 15 is 0 Å². The number of carbonyl (C=O) groups excluding carboxylic acids is 6. The maximum absolute atomic E-state index is 11.5. The van der Waals surface area contributed by atoms with Crippen LogP contribution in [0.5, 0.6) is 0 Å². The van der Waals surface area contributed by atoms with Gasteiger partial charge in [-0.2, -0.15) is 0 Å². The second-order valence-electron chi connectivity index (χ2n) is 12.3. The van der Waals surface area contributed by atoms with Crippen LogP contribution in [0.2, 0.25) is 0 Å². The quantitative estimate of drug-likeness (QED) is 0.0474. The van der Waals surface area contributed by atoms with Crippen molar-refractivity contribution in [3.05, 3.63) is 153 Å². The molecule has 19 nitrogen and oxygen atoms in total. The van der Waals surface area contributed by atoms with E-state index in [4.69, 9.17) is 38.6 Å². The van der Waals surface area contributed by atoms with Crippen molar-refractivity contribution in [3.63, 3.8) is 0 Å². The lowest BCUT2D eigenvalue weighted by molar-refractivity contribution is -0.117. The Kier molecular flexibility index (Phi) is 18.7. The molecule has 0 saturated carbocycles. The number of carboxylic acid groups (broad SMARTS) is 3. The van der Waals surface area contributed by atoms with E-state index < -0.39 is 36.2 Å². The second-order valence-corrected chi connectivity index (χ2v) is 15.1. The Labute approximate surface area is 382 Å². The van der Waals surface area contributed by atoms with Crippen LogP contribution in [0.4, 0.5) is 9.59 Å². The number of carboxylic acids is 3. The molecule has 332 valence electrons. The van der Waals surface area contributed by atoms with Crippen molar-refractivity contribution in [2.75, 3.05) is 5.75 Å². The summed E-state index contributed by atoms with van der Waals surface area (Å²) >= 11 is 4.86. The molecule has 2 saturated heterocycles. The van der Waals surface area contributed by atoms with Gasteiger partial charge in [-0.15, -0.1) is 0 Å². The lowest BCUT2D eigenvalue weighted by Gasteiger charge is -1.99. The Balaban J connectivity index is 0.000000189. The topological polar surface area (TPSA) is 318 Å². The highest BCUT2D eigenvalue weighted by Crippen LogP contribution is 2.29. The fraction of sp³-hybridized carbons (Fsp3) is 0.0238. The molecule has 0 atom stereocenters. The van der Waals surface area contributed by atoms with Crippen LogP contribution >= 0.6 is 39.5 Å². The van der Waals surface area contributed by atoms with E-state index in [0.717, 1.165) is 23.5 Å². The van der Waals surface area contributed by atoms with Gasteiger partial charge < -0.3 is 38.6 Å². The van der Waals surface area contributed by atoms with E-state index in [-0.39, 0.29) is 44.0 Å². The van der Waals surface area contributed by atoms with Crippen molar-refractivity contribution in [1.82, 2.24) is 10.6 Å². The first kappa shape index (κ1) is 50.1. The summed E-state index contributed by atoms with van der Waals surface area (Å²) in [5.41, 5.74) is 1.80. The molecule has 23 heteroatoms. The van der Waals surface area contributed by atoms with Crippen molar-refractivity contribution in [2.45, 2.75) is 0 Å². The Hall–Kier alpha value is -7.57. The lowest BCUT2D eigenvalue weighted by Crippen LogP contribution is -2.30. The van der Waals surface area contributed by atoms with Crippen LogP contribution in [0.25, 0.3) is 28.7 Å². The number of furan rings is 3. The smallest absolute Gasteiger partial charge is 0.478 e. The third kappa shape index (κ3) is 15.9. The monoisotopic (exact) mass is 988 g/mol. The first-order valence-electron chi connectivity index (χ1n) is 17.9. The molecule has 7 N–H and O–H groups in total. The largest absolute Gasteiger partial charge is 0.488 e. The molecule has 2 aliphatic rings. The molecule has 65 heavy (non-hydrogen) atoms. The van der Waals surface area contributed by atoms with Gasteiger partial charge in [0.25, 0.3) is 16.4 Å². The standard InChI is InChI=1S/C15H9NO5S.C12H8O4.C7H7BO4.C5H3BrO2.C3H3NO2S/c17-13-12(22-15(20)16-13)7-10-4-5-11(21-10)8-2-1-3-9(6-8)14(18)19;13-7-10-4-5-11(16-10)8-2-1-3-9(6-8)12(14)15;9-7(10)5-2-1-3-6(4-5)8(11)12;6-5-2-1-4(3-7)8-5;5-2-1-7-3(6)4-2/h1-7H,(H,18,19)(H,16,17,20);1-7H,(H,14,15);1-4,11-12H,(H,9,10);1-3H;1H2,(H,4,5,6). The van der Waals surface area contributed by atoms with Crippen molar-refractivity contribution < 1.29 is 81.8 Å². The first-order chi connectivity index (χ1) is 31.0. The molecule has 5 heterocycles. The first-order valence-corrected chi connectivity index (χ1v) is 20.5. The summed E-state index contributed by atoms with van der Waals surface area (Å²) in [6, 6.07) is 27.9. The summed E-state index contributed by atoms with van der Waals surface area (Å²) in [4.78, 5) is 95.5. The molecule has 8 rings (SSSR count). The number of carbonyl (C=O) groups is 9. The van der Waals surface area contributed by atoms with E-state index in [1.165, 1.54) is 60.7 Å². The minimum Gasteiger partial charge on any atom is -0.478 e. The minimum absolute atomic E-state index is 0.0422. The van der Waals surface area contributed by atoms with E-state index in [0.29, 0.717) is 57.2 Å². The average Bonchev–Trinajstić information content (AvgIpc) is 4.16. The Morgan fingerprint density at radius 2 is 1.11 bits per heavy atom. The van der Waals surface area contributed by atoms with Crippen LogP contribution in [-0.2, 0) is 9.59 Å². The maximum Gasteiger partial charge on any atom is 0.488 e. The molecule has 0 bridgehead atoms. The maximum atomic E-state index is 11.5. The van der Waals surface area contributed by atoms with Gasteiger partial charge in [-0.05, 0) is 106 Å². The number of benzene rings is 3. The summed E-state index contributed by atoms with van der Waals surface area (Å²) in [6.45, 7) is 0. The molecule has 2 fully saturated rings. The predicted octanol–water partition coefficient (Wildman–Crippen LogP) is 6.31. The van der Waals surface area contributed by atoms with Gasteiger partial charge in [-0.25, -0.2) is 14.4 Å². The Bertz CT molecular complexity index is 2760. The van der Waals surface area contributed by atoms with Gasteiger partial charge in [0.05, 0.1) is 27.3 Å². The zero-order valence-electron chi connectivity index (χ0n) is 32.7. The molecular weight excluding hydrogens is 959 g/mol. The lowest BCUT2D eigenvalue weighted by atomic mass is 9.80. The number of aldehydes is 2. The highest BCUT2D eigenvalue weighted by molar-refractivity contribution is 9.10. The number of hydrogen-bond acceptors (Lipinski definition) is 16. The van der Waals surface area contributed by atoms with Crippen LogP contribution in [0, 0.1) is 0 Å².